The summed E-state index contributed by atoms with van der Waals surface area (Å²) in [7, 11) is -0.0683. The van der Waals surface area contributed by atoms with Gasteiger partial charge in [-0.25, -0.2) is 14.4 Å². The molecule has 1 unspecified atom stereocenters. The second kappa shape index (κ2) is 13.6. The zero-order chi connectivity index (χ0) is 30.5. The van der Waals surface area contributed by atoms with Crippen LogP contribution >= 0.6 is 0 Å². The van der Waals surface area contributed by atoms with Crippen molar-refractivity contribution in [3.05, 3.63) is 41.5 Å². The molecule has 0 bridgehead atoms. The Hall–Kier alpha value is -2.86. The summed E-state index contributed by atoms with van der Waals surface area (Å²) in [5.74, 6) is 1.57. The van der Waals surface area contributed by atoms with Gasteiger partial charge in [-0.3, -0.25) is 0 Å². The maximum absolute atomic E-state index is 15.9. The van der Waals surface area contributed by atoms with Gasteiger partial charge in [-0.2, -0.15) is 0 Å². The number of hydrogen-bond acceptors (Lipinski definition) is 9. The van der Waals surface area contributed by atoms with Gasteiger partial charge in [-0.1, -0.05) is 38.1 Å². The number of rotatable bonds is 12. The SMILES string of the molecule is CNCC(COc1cccc(-c2nc(NCC3CCOCC3)c(F)c(-c3c(C)noc3C)n2)c1)O[Si](C)(C)C(C)(C)C. The molecule has 1 aliphatic heterocycles. The van der Waals surface area contributed by atoms with Crippen LogP contribution in [0.3, 0.4) is 0 Å². The van der Waals surface area contributed by atoms with Gasteiger partial charge in [0.15, 0.2) is 25.8 Å². The Balaban J connectivity index is 1.61. The van der Waals surface area contributed by atoms with Crippen LogP contribution in [0.4, 0.5) is 10.2 Å². The average molecular weight is 600 g/mol. The molecule has 0 amide bonds. The molecule has 0 aliphatic carbocycles. The zero-order valence-electron chi connectivity index (χ0n) is 26.3. The summed E-state index contributed by atoms with van der Waals surface area (Å²) < 4.78 is 39.6. The molecule has 1 fully saturated rings. The van der Waals surface area contributed by atoms with Crippen molar-refractivity contribution in [2.24, 2.45) is 5.92 Å². The molecule has 4 rings (SSSR count). The Morgan fingerprint density at radius 1 is 1.14 bits per heavy atom. The van der Waals surface area contributed by atoms with E-state index in [1.165, 1.54) is 0 Å². The van der Waals surface area contributed by atoms with Crippen molar-refractivity contribution in [3.8, 4) is 28.4 Å². The van der Waals surface area contributed by atoms with E-state index in [0.29, 0.717) is 59.8 Å². The third kappa shape index (κ3) is 7.74. The summed E-state index contributed by atoms with van der Waals surface area (Å²) in [4.78, 5) is 9.31. The Morgan fingerprint density at radius 2 is 1.88 bits per heavy atom. The minimum Gasteiger partial charge on any atom is -0.491 e. The average Bonchev–Trinajstić information content (AvgIpc) is 3.28. The molecule has 0 spiro atoms. The molecule has 1 aromatic carbocycles. The van der Waals surface area contributed by atoms with Crippen molar-refractivity contribution in [2.75, 3.05) is 45.3 Å². The molecule has 1 atom stereocenters. The Morgan fingerprint density at radius 3 is 2.52 bits per heavy atom. The molecule has 3 heterocycles. The van der Waals surface area contributed by atoms with E-state index in [1.54, 1.807) is 13.8 Å². The second-order valence-corrected chi connectivity index (χ2v) is 17.3. The van der Waals surface area contributed by atoms with Crippen LogP contribution in [0.15, 0.2) is 28.8 Å². The van der Waals surface area contributed by atoms with E-state index >= 15 is 4.39 Å². The van der Waals surface area contributed by atoms with E-state index in [9.17, 15) is 0 Å². The lowest BCUT2D eigenvalue weighted by molar-refractivity contribution is 0.0699. The van der Waals surface area contributed by atoms with Gasteiger partial charge in [0.05, 0.1) is 17.4 Å². The number of likely N-dealkylation sites (N-methyl/N-ethyl adjacent to an activating group) is 1. The van der Waals surface area contributed by atoms with Crippen molar-refractivity contribution >= 4 is 14.1 Å². The highest BCUT2D eigenvalue weighted by Gasteiger charge is 2.39. The molecule has 3 aromatic rings. The van der Waals surface area contributed by atoms with Crippen molar-refractivity contribution in [2.45, 2.75) is 71.7 Å². The summed E-state index contributed by atoms with van der Waals surface area (Å²) in [6.45, 7) is 17.8. The van der Waals surface area contributed by atoms with Gasteiger partial charge in [0.2, 0.25) is 0 Å². The number of halogens is 1. The highest BCUT2D eigenvalue weighted by Crippen LogP contribution is 2.37. The van der Waals surface area contributed by atoms with E-state index in [1.807, 2.05) is 31.3 Å². The van der Waals surface area contributed by atoms with Gasteiger partial charge in [0.25, 0.3) is 0 Å². The van der Waals surface area contributed by atoms with Gasteiger partial charge in [0.1, 0.15) is 23.8 Å². The molecule has 230 valence electrons. The van der Waals surface area contributed by atoms with Crippen LogP contribution in [-0.2, 0) is 9.16 Å². The molecule has 1 aliphatic rings. The van der Waals surface area contributed by atoms with Gasteiger partial charge in [-0.15, -0.1) is 0 Å². The van der Waals surface area contributed by atoms with Crippen molar-refractivity contribution < 1.29 is 22.8 Å². The topological polar surface area (TPSA) is 104 Å². The zero-order valence-corrected chi connectivity index (χ0v) is 27.3. The Labute approximate surface area is 250 Å². The summed E-state index contributed by atoms with van der Waals surface area (Å²) in [5.41, 5.74) is 1.98. The lowest BCUT2D eigenvalue weighted by Crippen LogP contribution is -2.47. The molecule has 2 N–H and O–H groups in total. The first-order valence-electron chi connectivity index (χ1n) is 14.8. The number of anilines is 1. The quantitative estimate of drug-likeness (QED) is 0.230. The van der Waals surface area contributed by atoms with E-state index < -0.39 is 14.1 Å². The van der Waals surface area contributed by atoms with E-state index in [4.69, 9.17) is 18.4 Å². The molecule has 42 heavy (non-hydrogen) atoms. The number of benzene rings is 1. The standard InChI is InChI=1S/C31H46FN5O4Si/c1-20-26(21(2)40-37-20)28-27(32)30(34-17-22-12-14-38-15-13-22)36-29(35-28)23-10-9-11-24(16-23)39-19-25(18-33-6)41-42(7,8)31(3,4)5/h9-11,16,22,25,33H,12-15,17-19H2,1-8H3,(H,34,35,36). The van der Waals surface area contributed by atoms with Gasteiger partial charge in [0, 0.05) is 31.9 Å². The molecule has 0 radical (unpaired) electrons. The first-order valence-corrected chi connectivity index (χ1v) is 17.7. The fourth-order valence-corrected chi connectivity index (χ4v) is 6.08. The normalized spacial score (nSPS) is 15.5. The Bertz CT molecular complexity index is 1320. The minimum absolute atomic E-state index is 0.0915. The molecule has 11 heteroatoms. The predicted molar refractivity (Wildman–Crippen MR) is 166 cm³/mol. The minimum atomic E-state index is -1.98. The number of hydrogen-bond donors (Lipinski definition) is 2. The number of aryl methyl sites for hydroxylation is 2. The van der Waals surface area contributed by atoms with Gasteiger partial charge in [-0.05, 0) is 69.9 Å². The number of ether oxygens (including phenoxy) is 2. The molecular weight excluding hydrogens is 553 g/mol. The number of nitrogens with one attached hydrogen (secondary N) is 2. The van der Waals surface area contributed by atoms with Crippen LogP contribution in [0, 0.1) is 25.6 Å². The van der Waals surface area contributed by atoms with E-state index in [0.717, 1.165) is 26.1 Å². The largest absolute Gasteiger partial charge is 0.491 e. The molecular formula is C31H46FN5O4Si. The van der Waals surface area contributed by atoms with Gasteiger partial charge < -0.3 is 29.1 Å². The summed E-state index contributed by atoms with van der Waals surface area (Å²) in [6, 6.07) is 7.57. The van der Waals surface area contributed by atoms with Crippen molar-refractivity contribution in [1.29, 1.82) is 0 Å². The lowest BCUT2D eigenvalue weighted by Gasteiger charge is -2.39. The van der Waals surface area contributed by atoms with Crippen LogP contribution in [0.1, 0.15) is 45.1 Å². The predicted octanol–water partition coefficient (Wildman–Crippen LogP) is 6.38. The number of nitrogens with zero attached hydrogens (tertiary/aromatic N) is 3. The van der Waals surface area contributed by atoms with Gasteiger partial charge >= 0.3 is 0 Å². The summed E-state index contributed by atoms with van der Waals surface area (Å²) >= 11 is 0. The maximum atomic E-state index is 15.9. The molecule has 2 aromatic heterocycles. The summed E-state index contributed by atoms with van der Waals surface area (Å²) in [6.07, 6.45) is 1.75. The van der Waals surface area contributed by atoms with Crippen LogP contribution in [0.2, 0.25) is 18.1 Å². The highest BCUT2D eigenvalue weighted by atomic mass is 28.4. The fourth-order valence-electron chi connectivity index (χ4n) is 4.74. The monoisotopic (exact) mass is 599 g/mol. The Kier molecular flexibility index (Phi) is 10.4. The summed E-state index contributed by atoms with van der Waals surface area (Å²) in [5, 5.41) is 10.6. The first-order chi connectivity index (χ1) is 19.9. The molecule has 9 nitrogen and oxygen atoms in total. The fraction of sp³-hybridized carbons (Fsp3) is 0.581. The van der Waals surface area contributed by atoms with Crippen molar-refractivity contribution in [1.82, 2.24) is 20.4 Å². The van der Waals surface area contributed by atoms with Crippen LogP contribution in [-0.4, -0.2) is 69.5 Å². The van der Waals surface area contributed by atoms with Crippen LogP contribution in [0.5, 0.6) is 5.75 Å². The van der Waals surface area contributed by atoms with Crippen LogP contribution < -0.4 is 15.4 Å². The van der Waals surface area contributed by atoms with E-state index in [2.05, 4.69) is 59.6 Å². The second-order valence-electron chi connectivity index (χ2n) is 12.6. The third-order valence-corrected chi connectivity index (χ3v) is 12.8. The van der Waals surface area contributed by atoms with E-state index in [-0.39, 0.29) is 22.7 Å². The van der Waals surface area contributed by atoms with Crippen molar-refractivity contribution in [3.63, 3.8) is 0 Å². The van der Waals surface area contributed by atoms with Crippen LogP contribution in [0.25, 0.3) is 22.6 Å². The first kappa shape index (κ1) is 32.1. The maximum Gasteiger partial charge on any atom is 0.192 e. The lowest BCUT2D eigenvalue weighted by atomic mass is 10.0. The third-order valence-electron chi connectivity index (χ3n) is 8.25. The number of aromatic nitrogens is 3. The highest BCUT2D eigenvalue weighted by molar-refractivity contribution is 6.74. The molecule has 0 saturated carbocycles. The smallest absolute Gasteiger partial charge is 0.192 e. The molecule has 1 saturated heterocycles.